The monoisotopic (exact) mass is 313 g/mol. The topological polar surface area (TPSA) is 70.4 Å². The molecule has 5 heteroatoms. The second-order valence-electron chi connectivity index (χ2n) is 4.97. The van der Waals surface area contributed by atoms with E-state index in [0.717, 1.165) is 5.56 Å². The maximum atomic E-state index is 11.7. The average Bonchev–Trinajstić information content (AvgIpc) is 2.47. The second kappa shape index (κ2) is 5.31. The first-order chi connectivity index (χ1) is 10.5. The van der Waals surface area contributed by atoms with Crippen LogP contribution in [0.25, 0.3) is 22.2 Å². The van der Waals surface area contributed by atoms with Crippen molar-refractivity contribution in [3.63, 3.8) is 0 Å². The molecule has 0 radical (unpaired) electrons. The molecule has 0 bridgehead atoms. The van der Waals surface area contributed by atoms with Crippen LogP contribution in [0.4, 0.5) is 0 Å². The van der Waals surface area contributed by atoms with E-state index in [1.165, 1.54) is 0 Å². The molecule has 0 aliphatic heterocycles. The lowest BCUT2D eigenvalue weighted by molar-refractivity contribution is 0.0698. The van der Waals surface area contributed by atoms with Crippen molar-refractivity contribution < 1.29 is 15.0 Å². The molecule has 2 N–H and O–H groups in total. The van der Waals surface area contributed by atoms with Crippen molar-refractivity contribution in [3.8, 4) is 17.0 Å². The third kappa shape index (κ3) is 2.38. The quantitative estimate of drug-likeness (QED) is 0.741. The maximum absolute atomic E-state index is 11.7. The number of phenolic OH excluding ortho intramolecular Hbond substituents is 1. The lowest BCUT2D eigenvalue weighted by Gasteiger charge is -2.12. The molecule has 0 aliphatic rings. The molecule has 3 aromatic rings. The molecule has 0 saturated carbocycles. The number of carboxylic acids is 1. The highest BCUT2D eigenvalue weighted by atomic mass is 35.5. The Morgan fingerprint density at radius 2 is 1.82 bits per heavy atom. The summed E-state index contributed by atoms with van der Waals surface area (Å²) in [5.74, 6) is -0.875. The molecule has 4 nitrogen and oxygen atoms in total. The minimum Gasteiger partial charge on any atom is -0.508 e. The molecule has 0 aliphatic carbocycles. The van der Waals surface area contributed by atoms with E-state index in [-0.39, 0.29) is 11.3 Å². The van der Waals surface area contributed by atoms with Gasteiger partial charge in [0.25, 0.3) is 0 Å². The zero-order chi connectivity index (χ0) is 15.9. The number of nitrogens with zero attached hydrogens (tertiary/aromatic N) is 1. The Morgan fingerprint density at radius 3 is 2.45 bits per heavy atom. The zero-order valence-corrected chi connectivity index (χ0v) is 12.4. The molecule has 0 fully saturated rings. The van der Waals surface area contributed by atoms with Crippen LogP contribution in [0.15, 0.2) is 42.5 Å². The number of halogens is 1. The van der Waals surface area contributed by atoms with E-state index in [0.29, 0.717) is 27.2 Å². The normalized spacial score (nSPS) is 10.8. The Morgan fingerprint density at radius 1 is 1.14 bits per heavy atom. The lowest BCUT2D eigenvalue weighted by Crippen LogP contribution is -2.05. The molecule has 0 atom stereocenters. The summed E-state index contributed by atoms with van der Waals surface area (Å²) in [6.07, 6.45) is 0. The summed E-state index contributed by atoms with van der Waals surface area (Å²) in [5, 5.41) is 19.9. The number of benzene rings is 2. The van der Waals surface area contributed by atoms with Gasteiger partial charge in [-0.05, 0) is 55.0 Å². The van der Waals surface area contributed by atoms with Crippen molar-refractivity contribution in [2.75, 3.05) is 0 Å². The number of fused-ring (bicyclic) bond motifs is 1. The van der Waals surface area contributed by atoms with Crippen molar-refractivity contribution in [2.45, 2.75) is 6.92 Å². The van der Waals surface area contributed by atoms with Crippen molar-refractivity contribution in [3.05, 3.63) is 58.6 Å². The smallest absolute Gasteiger partial charge is 0.336 e. The number of carboxylic acid groups (broad SMARTS) is 1. The summed E-state index contributed by atoms with van der Waals surface area (Å²) in [6, 6.07) is 11.5. The van der Waals surface area contributed by atoms with Gasteiger partial charge in [0.15, 0.2) is 0 Å². The number of hydrogen-bond donors (Lipinski definition) is 2. The molecular formula is C17H12ClNO3. The van der Waals surface area contributed by atoms with Gasteiger partial charge < -0.3 is 10.2 Å². The standard InChI is InChI=1S/C17H12ClNO3/c1-9-15(17(21)22)13-8-11(18)4-7-14(13)19-16(9)10-2-5-12(20)6-3-10/h2-8,20H,1H3,(H,21,22). The van der Waals surface area contributed by atoms with Gasteiger partial charge in [-0.2, -0.15) is 0 Å². The van der Waals surface area contributed by atoms with Gasteiger partial charge in [-0.15, -0.1) is 0 Å². The molecule has 110 valence electrons. The van der Waals surface area contributed by atoms with E-state index in [2.05, 4.69) is 4.98 Å². The summed E-state index contributed by atoms with van der Waals surface area (Å²) >= 11 is 5.97. The van der Waals surface area contributed by atoms with Gasteiger partial charge in [-0.25, -0.2) is 9.78 Å². The van der Waals surface area contributed by atoms with E-state index in [9.17, 15) is 15.0 Å². The number of rotatable bonds is 2. The third-order valence-corrected chi connectivity index (χ3v) is 3.78. The molecular weight excluding hydrogens is 302 g/mol. The van der Waals surface area contributed by atoms with Gasteiger partial charge in [0.1, 0.15) is 5.75 Å². The van der Waals surface area contributed by atoms with Crippen LogP contribution < -0.4 is 0 Å². The summed E-state index contributed by atoms with van der Waals surface area (Å²) in [5.41, 5.74) is 2.64. The maximum Gasteiger partial charge on any atom is 0.336 e. The number of aromatic carboxylic acids is 1. The predicted molar refractivity (Wildman–Crippen MR) is 85.6 cm³/mol. The number of aromatic hydroxyl groups is 1. The SMILES string of the molecule is Cc1c(-c2ccc(O)cc2)nc2ccc(Cl)cc2c1C(=O)O. The second-order valence-corrected chi connectivity index (χ2v) is 5.41. The average molecular weight is 314 g/mol. The largest absolute Gasteiger partial charge is 0.508 e. The first-order valence-corrected chi connectivity index (χ1v) is 6.97. The zero-order valence-electron chi connectivity index (χ0n) is 11.7. The van der Waals surface area contributed by atoms with E-state index in [1.54, 1.807) is 49.4 Å². The van der Waals surface area contributed by atoms with E-state index in [1.807, 2.05) is 0 Å². The van der Waals surface area contributed by atoms with Gasteiger partial charge in [0, 0.05) is 16.0 Å². The molecule has 22 heavy (non-hydrogen) atoms. The Labute approximate surface area is 131 Å². The predicted octanol–water partition coefficient (Wildman–Crippen LogP) is 4.27. The minimum atomic E-state index is -1.02. The van der Waals surface area contributed by atoms with Crippen molar-refractivity contribution >= 4 is 28.5 Å². The lowest BCUT2D eigenvalue weighted by atomic mass is 9.98. The Balaban J connectivity index is 2.37. The summed E-state index contributed by atoms with van der Waals surface area (Å²) in [7, 11) is 0. The Bertz CT molecular complexity index is 889. The molecule has 0 amide bonds. The van der Waals surface area contributed by atoms with Gasteiger partial charge in [-0.3, -0.25) is 0 Å². The van der Waals surface area contributed by atoms with Crippen LogP contribution in [0.3, 0.4) is 0 Å². The fraction of sp³-hybridized carbons (Fsp3) is 0.0588. The highest BCUT2D eigenvalue weighted by molar-refractivity contribution is 6.31. The van der Waals surface area contributed by atoms with Crippen molar-refractivity contribution in [1.29, 1.82) is 0 Å². The van der Waals surface area contributed by atoms with Crippen LogP contribution in [-0.4, -0.2) is 21.2 Å². The molecule has 1 heterocycles. The van der Waals surface area contributed by atoms with E-state index >= 15 is 0 Å². The minimum absolute atomic E-state index is 0.146. The Kier molecular flexibility index (Phi) is 3.47. The molecule has 2 aromatic carbocycles. The highest BCUT2D eigenvalue weighted by Crippen LogP contribution is 2.31. The van der Waals surface area contributed by atoms with Crippen LogP contribution in [-0.2, 0) is 0 Å². The van der Waals surface area contributed by atoms with Gasteiger partial charge >= 0.3 is 5.97 Å². The molecule has 3 rings (SSSR count). The van der Waals surface area contributed by atoms with E-state index in [4.69, 9.17) is 11.6 Å². The van der Waals surface area contributed by atoms with Crippen LogP contribution in [0.5, 0.6) is 5.75 Å². The van der Waals surface area contributed by atoms with E-state index < -0.39 is 5.97 Å². The highest BCUT2D eigenvalue weighted by Gasteiger charge is 2.18. The molecule has 1 aromatic heterocycles. The fourth-order valence-electron chi connectivity index (χ4n) is 2.51. The fourth-order valence-corrected chi connectivity index (χ4v) is 2.68. The molecule has 0 spiro atoms. The number of phenols is 1. The molecule has 0 unspecified atom stereocenters. The number of hydrogen-bond acceptors (Lipinski definition) is 3. The van der Waals surface area contributed by atoms with Crippen LogP contribution in [0.2, 0.25) is 5.02 Å². The molecule has 0 saturated heterocycles. The summed E-state index contributed by atoms with van der Waals surface area (Å²) in [4.78, 5) is 16.2. The first kappa shape index (κ1) is 14.4. The van der Waals surface area contributed by atoms with Crippen molar-refractivity contribution in [1.82, 2.24) is 4.98 Å². The number of pyridine rings is 1. The van der Waals surface area contributed by atoms with Crippen LogP contribution in [0, 0.1) is 6.92 Å². The van der Waals surface area contributed by atoms with Crippen molar-refractivity contribution in [2.24, 2.45) is 0 Å². The van der Waals surface area contributed by atoms with Gasteiger partial charge in [-0.1, -0.05) is 11.6 Å². The third-order valence-electron chi connectivity index (χ3n) is 3.55. The van der Waals surface area contributed by atoms with Crippen LogP contribution in [0.1, 0.15) is 15.9 Å². The van der Waals surface area contributed by atoms with Gasteiger partial charge in [0.2, 0.25) is 0 Å². The number of aromatic nitrogens is 1. The Hall–Kier alpha value is -2.59. The van der Waals surface area contributed by atoms with Crippen LogP contribution >= 0.6 is 11.6 Å². The summed E-state index contributed by atoms with van der Waals surface area (Å²) in [6.45, 7) is 1.72. The van der Waals surface area contributed by atoms with Gasteiger partial charge in [0.05, 0.1) is 16.8 Å². The number of carbonyl (C=O) groups is 1. The first-order valence-electron chi connectivity index (χ1n) is 6.60. The summed E-state index contributed by atoms with van der Waals surface area (Å²) < 4.78 is 0.